The molecular formula is C10H16N4O2. The molecule has 0 radical (unpaired) electrons. The Morgan fingerprint density at radius 2 is 2.19 bits per heavy atom. The minimum atomic E-state index is -0.537. The molecule has 0 aliphatic rings. The average Bonchev–Trinajstić information content (AvgIpc) is 2.25. The van der Waals surface area contributed by atoms with Gasteiger partial charge in [0.2, 0.25) is 0 Å². The third-order valence-corrected chi connectivity index (χ3v) is 2.00. The monoisotopic (exact) mass is 224 g/mol. The quantitative estimate of drug-likeness (QED) is 0.428. The minimum Gasteiger partial charge on any atom is -0.497 e. The third-order valence-electron chi connectivity index (χ3n) is 2.00. The Balaban J connectivity index is 2.45. The van der Waals surface area contributed by atoms with E-state index in [1.807, 2.05) is 6.07 Å². The van der Waals surface area contributed by atoms with Gasteiger partial charge in [0.25, 0.3) is 0 Å². The van der Waals surface area contributed by atoms with Crippen molar-refractivity contribution in [3.63, 3.8) is 0 Å². The second kappa shape index (κ2) is 5.69. The molecule has 0 heterocycles. The maximum absolute atomic E-state index is 10.4. The predicted molar refractivity (Wildman–Crippen MR) is 63.5 cm³/mol. The number of benzene rings is 1. The van der Waals surface area contributed by atoms with E-state index in [4.69, 9.17) is 16.2 Å². The standard InChI is InChI=1S/C10H16N4O2/c1-16-7-2-3-9(8(11)6-7)13-4-5-14-10(12)15/h2-3,6,13H,4-5,11H2,1H3,(H3,12,14,15). The number of carbonyl (C=O) groups excluding carboxylic acids is 1. The van der Waals surface area contributed by atoms with Crippen molar-refractivity contribution in [2.75, 3.05) is 31.2 Å². The maximum atomic E-state index is 10.4. The van der Waals surface area contributed by atoms with Crippen molar-refractivity contribution < 1.29 is 9.53 Å². The molecule has 0 bridgehead atoms. The first-order chi connectivity index (χ1) is 7.63. The van der Waals surface area contributed by atoms with Crippen LogP contribution < -0.4 is 26.8 Å². The Bertz CT molecular complexity index is 368. The molecule has 0 aliphatic carbocycles. The van der Waals surface area contributed by atoms with E-state index in [1.165, 1.54) is 0 Å². The fraction of sp³-hybridized carbons (Fsp3) is 0.300. The summed E-state index contributed by atoms with van der Waals surface area (Å²) in [5, 5.41) is 5.54. The Hall–Kier alpha value is -2.11. The van der Waals surface area contributed by atoms with Crippen LogP contribution in [-0.2, 0) is 0 Å². The topological polar surface area (TPSA) is 102 Å². The first-order valence-electron chi connectivity index (χ1n) is 4.84. The lowest BCUT2D eigenvalue weighted by Crippen LogP contribution is -2.33. The number of methoxy groups -OCH3 is 1. The molecule has 0 unspecified atom stereocenters. The third kappa shape index (κ3) is 3.56. The number of hydrogen-bond acceptors (Lipinski definition) is 4. The summed E-state index contributed by atoms with van der Waals surface area (Å²) in [5.41, 5.74) is 12.1. The zero-order valence-electron chi connectivity index (χ0n) is 9.12. The van der Waals surface area contributed by atoms with Crippen molar-refractivity contribution in [3.8, 4) is 5.75 Å². The number of rotatable bonds is 5. The summed E-state index contributed by atoms with van der Waals surface area (Å²) in [6, 6.07) is 4.81. The van der Waals surface area contributed by atoms with Crippen molar-refractivity contribution in [2.45, 2.75) is 0 Å². The number of nitrogens with one attached hydrogen (secondary N) is 2. The number of primary amides is 1. The predicted octanol–water partition coefficient (Wildman–Crippen LogP) is 0.358. The van der Waals surface area contributed by atoms with E-state index in [1.54, 1.807) is 19.2 Å². The molecule has 6 nitrogen and oxygen atoms in total. The number of ether oxygens (including phenoxy) is 1. The Labute approximate surface area is 93.9 Å². The van der Waals surface area contributed by atoms with Gasteiger partial charge in [0.1, 0.15) is 5.75 Å². The number of nitrogen functional groups attached to an aromatic ring is 1. The van der Waals surface area contributed by atoms with Crippen LogP contribution in [-0.4, -0.2) is 26.2 Å². The van der Waals surface area contributed by atoms with E-state index >= 15 is 0 Å². The Kier molecular flexibility index (Phi) is 4.26. The summed E-state index contributed by atoms with van der Waals surface area (Å²) >= 11 is 0. The largest absolute Gasteiger partial charge is 0.497 e. The van der Waals surface area contributed by atoms with E-state index in [0.29, 0.717) is 24.5 Å². The molecule has 0 saturated heterocycles. The molecule has 2 amide bonds. The van der Waals surface area contributed by atoms with Gasteiger partial charge >= 0.3 is 6.03 Å². The number of hydrogen-bond donors (Lipinski definition) is 4. The minimum absolute atomic E-state index is 0.445. The zero-order chi connectivity index (χ0) is 12.0. The summed E-state index contributed by atoms with van der Waals surface area (Å²) in [6.07, 6.45) is 0. The SMILES string of the molecule is COc1ccc(NCCNC(N)=O)c(N)c1. The van der Waals surface area contributed by atoms with Gasteiger partial charge < -0.3 is 26.8 Å². The Morgan fingerprint density at radius 3 is 2.75 bits per heavy atom. The van der Waals surface area contributed by atoms with E-state index in [9.17, 15) is 4.79 Å². The van der Waals surface area contributed by atoms with E-state index < -0.39 is 6.03 Å². The summed E-state index contributed by atoms with van der Waals surface area (Å²) in [6.45, 7) is 1.00. The van der Waals surface area contributed by atoms with E-state index in [-0.39, 0.29) is 0 Å². The smallest absolute Gasteiger partial charge is 0.312 e. The number of urea groups is 1. The van der Waals surface area contributed by atoms with Crippen molar-refractivity contribution in [2.24, 2.45) is 5.73 Å². The molecule has 16 heavy (non-hydrogen) atoms. The molecule has 0 aromatic heterocycles. The molecule has 88 valence electrons. The molecule has 6 N–H and O–H groups in total. The summed E-state index contributed by atoms with van der Waals surface area (Å²) < 4.78 is 5.03. The fourth-order valence-corrected chi connectivity index (χ4v) is 1.21. The van der Waals surface area contributed by atoms with Gasteiger partial charge in [-0.2, -0.15) is 0 Å². The summed E-state index contributed by atoms with van der Waals surface area (Å²) in [5.74, 6) is 0.707. The van der Waals surface area contributed by atoms with Gasteiger partial charge in [0.15, 0.2) is 0 Å². The second-order valence-electron chi connectivity index (χ2n) is 3.17. The molecule has 1 aromatic rings. The summed E-state index contributed by atoms with van der Waals surface area (Å²) in [4.78, 5) is 10.4. The first kappa shape index (κ1) is 12.0. The van der Waals surface area contributed by atoms with Crippen LogP contribution in [0.3, 0.4) is 0 Å². The molecule has 6 heteroatoms. The zero-order valence-corrected chi connectivity index (χ0v) is 9.12. The van der Waals surface area contributed by atoms with Gasteiger partial charge in [-0.1, -0.05) is 0 Å². The van der Waals surface area contributed by atoms with E-state index in [0.717, 1.165) is 5.69 Å². The van der Waals surface area contributed by atoms with Gasteiger partial charge in [-0.25, -0.2) is 4.79 Å². The highest BCUT2D eigenvalue weighted by Gasteiger charge is 2.00. The van der Waals surface area contributed by atoms with Gasteiger partial charge in [-0.15, -0.1) is 0 Å². The highest BCUT2D eigenvalue weighted by Crippen LogP contribution is 2.23. The van der Waals surface area contributed by atoms with Crippen LogP contribution in [0.15, 0.2) is 18.2 Å². The molecule has 0 saturated carbocycles. The molecule has 0 fully saturated rings. The van der Waals surface area contributed by atoms with Crippen molar-refractivity contribution in [1.29, 1.82) is 0 Å². The van der Waals surface area contributed by atoms with Crippen LogP contribution in [0.4, 0.5) is 16.2 Å². The first-order valence-corrected chi connectivity index (χ1v) is 4.84. The number of amides is 2. The van der Waals surface area contributed by atoms with Gasteiger partial charge in [-0.05, 0) is 12.1 Å². The molecule has 1 aromatic carbocycles. The van der Waals surface area contributed by atoms with Crippen molar-refractivity contribution in [1.82, 2.24) is 5.32 Å². The van der Waals surface area contributed by atoms with Crippen molar-refractivity contribution in [3.05, 3.63) is 18.2 Å². The van der Waals surface area contributed by atoms with Crippen LogP contribution in [0.2, 0.25) is 0 Å². The molecular weight excluding hydrogens is 208 g/mol. The lowest BCUT2D eigenvalue weighted by molar-refractivity contribution is 0.249. The van der Waals surface area contributed by atoms with Crippen LogP contribution >= 0.6 is 0 Å². The summed E-state index contributed by atoms with van der Waals surface area (Å²) in [7, 11) is 1.58. The highest BCUT2D eigenvalue weighted by atomic mass is 16.5. The second-order valence-corrected chi connectivity index (χ2v) is 3.17. The lowest BCUT2D eigenvalue weighted by atomic mass is 10.2. The highest BCUT2D eigenvalue weighted by molar-refractivity contribution is 5.71. The van der Waals surface area contributed by atoms with Crippen molar-refractivity contribution >= 4 is 17.4 Å². The van der Waals surface area contributed by atoms with Crippen LogP contribution in [0, 0.1) is 0 Å². The number of nitrogens with two attached hydrogens (primary N) is 2. The molecule has 1 rings (SSSR count). The van der Waals surface area contributed by atoms with Gasteiger partial charge in [0.05, 0.1) is 18.5 Å². The lowest BCUT2D eigenvalue weighted by Gasteiger charge is -2.10. The maximum Gasteiger partial charge on any atom is 0.312 e. The Morgan fingerprint density at radius 1 is 1.44 bits per heavy atom. The fourth-order valence-electron chi connectivity index (χ4n) is 1.21. The number of carbonyl (C=O) groups is 1. The van der Waals surface area contributed by atoms with Crippen LogP contribution in [0.5, 0.6) is 5.75 Å². The molecule has 0 atom stereocenters. The number of anilines is 2. The average molecular weight is 224 g/mol. The molecule has 0 spiro atoms. The van der Waals surface area contributed by atoms with Crippen LogP contribution in [0.1, 0.15) is 0 Å². The van der Waals surface area contributed by atoms with Gasteiger partial charge in [-0.3, -0.25) is 0 Å². The van der Waals surface area contributed by atoms with Crippen LogP contribution in [0.25, 0.3) is 0 Å². The normalized spacial score (nSPS) is 9.56. The van der Waals surface area contributed by atoms with E-state index in [2.05, 4.69) is 10.6 Å². The van der Waals surface area contributed by atoms with Gasteiger partial charge in [0, 0.05) is 19.2 Å². The molecule has 0 aliphatic heterocycles.